The van der Waals surface area contributed by atoms with E-state index in [1.807, 2.05) is 69.4 Å². The van der Waals surface area contributed by atoms with E-state index in [0.29, 0.717) is 0 Å². The molecule has 2 rings (SSSR count). The highest BCUT2D eigenvalue weighted by Gasteiger charge is 2.10. The van der Waals surface area contributed by atoms with Crippen molar-refractivity contribution in [1.29, 1.82) is 0 Å². The molecule has 2 nitrogen and oxygen atoms in total. The predicted molar refractivity (Wildman–Crippen MR) is 84.9 cm³/mol. The molecule has 0 atom stereocenters. The van der Waals surface area contributed by atoms with Gasteiger partial charge in [-0.3, -0.25) is 4.79 Å². The fraction of sp³-hybridized carbons (Fsp3) is 0.278. The lowest BCUT2D eigenvalue weighted by Crippen LogP contribution is -2.28. The largest absolute Gasteiger partial charge is 0.341 e. The molecule has 0 bridgehead atoms. The molecule has 0 saturated carbocycles. The Kier molecular flexibility index (Phi) is 7.12. The molecule has 0 aliphatic carbocycles. The van der Waals surface area contributed by atoms with Gasteiger partial charge in [-0.15, -0.1) is 0 Å². The van der Waals surface area contributed by atoms with Gasteiger partial charge in [0, 0.05) is 19.2 Å². The van der Waals surface area contributed by atoms with Crippen molar-refractivity contribution in [3.05, 3.63) is 71.8 Å². The van der Waals surface area contributed by atoms with Crippen molar-refractivity contribution in [2.75, 3.05) is 13.6 Å². The van der Waals surface area contributed by atoms with Crippen molar-refractivity contribution in [2.24, 2.45) is 0 Å². The Hall–Kier alpha value is -2.09. The molecule has 106 valence electrons. The summed E-state index contributed by atoms with van der Waals surface area (Å²) < 4.78 is 0. The van der Waals surface area contributed by atoms with Gasteiger partial charge in [-0.1, -0.05) is 62.4 Å². The van der Waals surface area contributed by atoms with Crippen LogP contribution in [-0.4, -0.2) is 24.4 Å². The van der Waals surface area contributed by atoms with Gasteiger partial charge in [0.1, 0.15) is 0 Å². The number of nitrogens with zero attached hydrogens (tertiary/aromatic N) is 1. The number of hydrogen-bond donors (Lipinski definition) is 0. The van der Waals surface area contributed by atoms with Crippen LogP contribution >= 0.6 is 0 Å². The number of rotatable bonds is 4. The van der Waals surface area contributed by atoms with Gasteiger partial charge < -0.3 is 4.90 Å². The molecular weight excluding hydrogens is 246 g/mol. The lowest BCUT2D eigenvalue weighted by molar-refractivity contribution is 0.0796. The first-order valence-electron chi connectivity index (χ1n) is 7.12. The predicted octanol–water partition coefficient (Wildman–Crippen LogP) is 4.03. The third-order valence-corrected chi connectivity index (χ3v) is 2.95. The van der Waals surface area contributed by atoms with Crippen LogP contribution in [0.1, 0.15) is 29.8 Å². The van der Waals surface area contributed by atoms with E-state index >= 15 is 0 Å². The minimum atomic E-state index is 0.0755. The Balaban J connectivity index is 0.000000956. The van der Waals surface area contributed by atoms with Crippen LogP contribution in [0, 0.1) is 0 Å². The first-order chi connectivity index (χ1) is 9.77. The quantitative estimate of drug-likeness (QED) is 0.820. The van der Waals surface area contributed by atoms with Crippen molar-refractivity contribution >= 4 is 5.91 Å². The molecule has 0 saturated heterocycles. The average Bonchev–Trinajstić information content (AvgIpc) is 2.55. The van der Waals surface area contributed by atoms with Crippen molar-refractivity contribution in [3.63, 3.8) is 0 Å². The van der Waals surface area contributed by atoms with Gasteiger partial charge in [-0.25, -0.2) is 0 Å². The van der Waals surface area contributed by atoms with Gasteiger partial charge in [0.15, 0.2) is 0 Å². The second-order valence-corrected chi connectivity index (χ2v) is 4.33. The van der Waals surface area contributed by atoms with Gasteiger partial charge in [0.25, 0.3) is 5.91 Å². The van der Waals surface area contributed by atoms with Crippen molar-refractivity contribution < 1.29 is 4.79 Å². The highest BCUT2D eigenvalue weighted by Crippen LogP contribution is 2.05. The lowest BCUT2D eigenvalue weighted by Gasteiger charge is -2.17. The zero-order valence-corrected chi connectivity index (χ0v) is 12.5. The van der Waals surface area contributed by atoms with E-state index in [0.717, 1.165) is 18.5 Å². The van der Waals surface area contributed by atoms with E-state index in [1.54, 1.807) is 4.90 Å². The molecule has 0 aromatic heterocycles. The Morgan fingerprint density at radius 3 is 1.95 bits per heavy atom. The molecule has 20 heavy (non-hydrogen) atoms. The number of carbonyl (C=O) groups is 1. The molecule has 2 aromatic carbocycles. The number of likely N-dealkylation sites (N-methyl/N-ethyl adjacent to an activating group) is 1. The zero-order chi connectivity index (χ0) is 14.8. The van der Waals surface area contributed by atoms with Gasteiger partial charge >= 0.3 is 0 Å². The summed E-state index contributed by atoms with van der Waals surface area (Å²) in [5, 5.41) is 0. The summed E-state index contributed by atoms with van der Waals surface area (Å²) in [6.45, 7) is 4.73. The van der Waals surface area contributed by atoms with Crippen LogP contribution in [0.15, 0.2) is 60.7 Å². The molecule has 2 aromatic rings. The zero-order valence-electron chi connectivity index (χ0n) is 12.5. The summed E-state index contributed by atoms with van der Waals surface area (Å²) in [5.41, 5.74) is 2.00. The first kappa shape index (κ1) is 16.0. The van der Waals surface area contributed by atoms with E-state index in [4.69, 9.17) is 0 Å². The van der Waals surface area contributed by atoms with Crippen LogP contribution in [-0.2, 0) is 6.42 Å². The molecule has 0 heterocycles. The molecule has 0 aliphatic rings. The van der Waals surface area contributed by atoms with E-state index in [9.17, 15) is 4.79 Å². The maximum absolute atomic E-state index is 12.1. The Morgan fingerprint density at radius 1 is 0.900 bits per heavy atom. The summed E-state index contributed by atoms with van der Waals surface area (Å²) in [6.07, 6.45) is 0.885. The van der Waals surface area contributed by atoms with Crippen LogP contribution in [0.25, 0.3) is 0 Å². The standard InChI is InChI=1S/C16H17NO.C2H6/c1-17(13-12-14-8-4-2-5-9-14)16(18)15-10-6-3-7-11-15;1-2/h2-11H,12-13H2,1H3;1-2H3. The number of benzene rings is 2. The molecule has 0 spiro atoms. The molecule has 0 fully saturated rings. The maximum atomic E-state index is 12.1. The van der Waals surface area contributed by atoms with Gasteiger partial charge in [-0.2, -0.15) is 0 Å². The van der Waals surface area contributed by atoms with Crippen molar-refractivity contribution in [2.45, 2.75) is 20.3 Å². The third-order valence-electron chi connectivity index (χ3n) is 2.95. The Morgan fingerprint density at radius 2 is 1.40 bits per heavy atom. The van der Waals surface area contributed by atoms with Gasteiger partial charge in [-0.05, 0) is 24.1 Å². The smallest absolute Gasteiger partial charge is 0.253 e. The van der Waals surface area contributed by atoms with E-state index < -0.39 is 0 Å². The SMILES string of the molecule is CC.CN(CCc1ccccc1)C(=O)c1ccccc1. The van der Waals surface area contributed by atoms with Crippen LogP contribution in [0.4, 0.5) is 0 Å². The van der Waals surface area contributed by atoms with Crippen LogP contribution in [0.3, 0.4) is 0 Å². The van der Waals surface area contributed by atoms with E-state index in [1.165, 1.54) is 5.56 Å². The molecule has 0 N–H and O–H groups in total. The lowest BCUT2D eigenvalue weighted by atomic mass is 10.1. The number of hydrogen-bond acceptors (Lipinski definition) is 1. The highest BCUT2D eigenvalue weighted by molar-refractivity contribution is 5.93. The highest BCUT2D eigenvalue weighted by atomic mass is 16.2. The number of amides is 1. The summed E-state index contributed by atoms with van der Waals surface area (Å²) in [4.78, 5) is 13.9. The minimum absolute atomic E-state index is 0.0755. The molecule has 0 aliphatic heterocycles. The summed E-state index contributed by atoms with van der Waals surface area (Å²) in [7, 11) is 1.85. The van der Waals surface area contributed by atoms with E-state index in [2.05, 4.69) is 12.1 Å². The molecule has 0 radical (unpaired) electrons. The normalized spacial score (nSPS) is 9.35. The second kappa shape index (κ2) is 8.92. The van der Waals surface area contributed by atoms with Crippen LogP contribution < -0.4 is 0 Å². The van der Waals surface area contributed by atoms with Gasteiger partial charge in [0.05, 0.1) is 0 Å². The Labute approximate surface area is 122 Å². The van der Waals surface area contributed by atoms with Crippen LogP contribution in [0.2, 0.25) is 0 Å². The molecular formula is C18H23NO. The molecule has 1 amide bonds. The molecule has 2 heteroatoms. The van der Waals surface area contributed by atoms with E-state index in [-0.39, 0.29) is 5.91 Å². The third kappa shape index (κ3) is 4.88. The van der Waals surface area contributed by atoms with Crippen molar-refractivity contribution in [3.8, 4) is 0 Å². The Bertz CT molecular complexity index is 493. The number of carbonyl (C=O) groups excluding carboxylic acids is 1. The fourth-order valence-corrected chi connectivity index (χ4v) is 1.84. The van der Waals surface area contributed by atoms with Crippen LogP contribution in [0.5, 0.6) is 0 Å². The maximum Gasteiger partial charge on any atom is 0.253 e. The monoisotopic (exact) mass is 269 g/mol. The summed E-state index contributed by atoms with van der Waals surface area (Å²) in [6, 6.07) is 19.6. The minimum Gasteiger partial charge on any atom is -0.341 e. The fourth-order valence-electron chi connectivity index (χ4n) is 1.84. The molecule has 0 unspecified atom stereocenters. The average molecular weight is 269 g/mol. The summed E-state index contributed by atoms with van der Waals surface area (Å²) in [5.74, 6) is 0.0755. The second-order valence-electron chi connectivity index (χ2n) is 4.33. The topological polar surface area (TPSA) is 20.3 Å². The first-order valence-corrected chi connectivity index (χ1v) is 7.12. The summed E-state index contributed by atoms with van der Waals surface area (Å²) >= 11 is 0. The van der Waals surface area contributed by atoms with Gasteiger partial charge in [0.2, 0.25) is 0 Å². The van der Waals surface area contributed by atoms with Crippen molar-refractivity contribution in [1.82, 2.24) is 4.90 Å².